The van der Waals surface area contributed by atoms with E-state index >= 15 is 0 Å². The fourth-order valence-electron chi connectivity index (χ4n) is 2.81. The summed E-state index contributed by atoms with van der Waals surface area (Å²) in [5, 5.41) is 9.20. The average Bonchev–Trinajstić information content (AvgIpc) is 3.28. The van der Waals surface area contributed by atoms with Crippen LogP contribution in [0.3, 0.4) is 0 Å². The first kappa shape index (κ1) is 17.4. The summed E-state index contributed by atoms with van der Waals surface area (Å²) >= 11 is 0. The zero-order valence-corrected chi connectivity index (χ0v) is 14.6. The third kappa shape index (κ3) is 4.15. The lowest BCUT2D eigenvalue weighted by molar-refractivity contribution is -0.132. The minimum Gasteiger partial charge on any atom is -0.467 e. The van der Waals surface area contributed by atoms with E-state index < -0.39 is 0 Å². The van der Waals surface area contributed by atoms with Crippen molar-refractivity contribution in [2.24, 2.45) is 5.10 Å². The summed E-state index contributed by atoms with van der Waals surface area (Å²) < 4.78 is 10.5. The number of methoxy groups -OCH3 is 1. The van der Waals surface area contributed by atoms with Crippen molar-refractivity contribution in [3.05, 3.63) is 59.5 Å². The summed E-state index contributed by atoms with van der Waals surface area (Å²) in [6.07, 6.45) is 2.26. The summed E-state index contributed by atoms with van der Waals surface area (Å²) in [7, 11) is 1.63. The molecule has 1 atom stereocenters. The minimum atomic E-state index is -0.206. The summed E-state index contributed by atoms with van der Waals surface area (Å²) in [6.45, 7) is 3.45. The molecule has 1 aliphatic heterocycles. The summed E-state index contributed by atoms with van der Waals surface area (Å²) in [6, 6.07) is 11.7. The number of nitrogens with one attached hydrogen (secondary N) is 1. The standard InChI is InChI=1S/C19H23N3O3/c1-14-5-7-15(8-6-14)16-12-17(18-4-3-10-25-18)22(21-16)19(23)13-20-9-11-24-2/h3-8,10,17,20H,9,11-13H2,1-2H3/t17-/m0/s1. The summed E-state index contributed by atoms with van der Waals surface area (Å²) in [4.78, 5) is 12.6. The highest BCUT2D eigenvalue weighted by Crippen LogP contribution is 2.32. The highest BCUT2D eigenvalue weighted by molar-refractivity contribution is 6.03. The van der Waals surface area contributed by atoms with Crippen LogP contribution in [0, 0.1) is 6.92 Å². The molecule has 1 N–H and O–H groups in total. The van der Waals surface area contributed by atoms with E-state index in [0.717, 1.165) is 17.0 Å². The van der Waals surface area contributed by atoms with Crippen molar-refractivity contribution in [3.63, 3.8) is 0 Å². The third-order valence-electron chi connectivity index (χ3n) is 4.18. The molecule has 3 rings (SSSR count). The number of hydrogen-bond donors (Lipinski definition) is 1. The molecule has 0 aliphatic carbocycles. The molecule has 0 spiro atoms. The van der Waals surface area contributed by atoms with Crippen LogP contribution in [0.2, 0.25) is 0 Å². The van der Waals surface area contributed by atoms with Gasteiger partial charge in [-0.2, -0.15) is 5.10 Å². The molecule has 6 nitrogen and oxygen atoms in total. The van der Waals surface area contributed by atoms with E-state index in [1.807, 2.05) is 31.2 Å². The van der Waals surface area contributed by atoms with E-state index in [0.29, 0.717) is 19.6 Å². The van der Waals surface area contributed by atoms with Gasteiger partial charge in [0.1, 0.15) is 11.8 Å². The quantitative estimate of drug-likeness (QED) is 0.786. The number of amides is 1. The number of benzene rings is 1. The molecule has 1 aromatic carbocycles. The van der Waals surface area contributed by atoms with Crippen molar-refractivity contribution in [2.75, 3.05) is 26.8 Å². The van der Waals surface area contributed by atoms with E-state index in [-0.39, 0.29) is 18.5 Å². The molecule has 0 fully saturated rings. The Kier molecular flexibility index (Phi) is 5.63. The first-order chi connectivity index (χ1) is 12.2. The number of rotatable bonds is 7. The second-order valence-electron chi connectivity index (χ2n) is 6.06. The number of hydrazone groups is 1. The summed E-state index contributed by atoms with van der Waals surface area (Å²) in [5.41, 5.74) is 3.12. The van der Waals surface area contributed by atoms with Crippen molar-refractivity contribution in [2.45, 2.75) is 19.4 Å². The van der Waals surface area contributed by atoms with Gasteiger partial charge in [-0.05, 0) is 24.6 Å². The Morgan fingerprint density at radius 2 is 2.16 bits per heavy atom. The fraction of sp³-hybridized carbons (Fsp3) is 0.368. The molecule has 0 saturated heterocycles. The highest BCUT2D eigenvalue weighted by atomic mass is 16.5. The van der Waals surface area contributed by atoms with Gasteiger partial charge in [-0.1, -0.05) is 29.8 Å². The van der Waals surface area contributed by atoms with Crippen LogP contribution >= 0.6 is 0 Å². The molecule has 0 unspecified atom stereocenters. The van der Waals surface area contributed by atoms with Crippen LogP contribution in [0.4, 0.5) is 0 Å². The second-order valence-corrected chi connectivity index (χ2v) is 6.06. The fourth-order valence-corrected chi connectivity index (χ4v) is 2.81. The number of carbonyl (C=O) groups is 1. The van der Waals surface area contributed by atoms with E-state index in [1.165, 1.54) is 10.6 Å². The van der Waals surface area contributed by atoms with E-state index in [1.54, 1.807) is 13.4 Å². The summed E-state index contributed by atoms with van der Waals surface area (Å²) in [5.74, 6) is 0.663. The molecular weight excluding hydrogens is 318 g/mol. The number of carbonyl (C=O) groups excluding carboxylic acids is 1. The van der Waals surface area contributed by atoms with E-state index in [9.17, 15) is 4.79 Å². The predicted octanol–water partition coefficient (Wildman–Crippen LogP) is 2.50. The molecule has 0 radical (unpaired) electrons. The first-order valence-corrected chi connectivity index (χ1v) is 8.38. The van der Waals surface area contributed by atoms with Gasteiger partial charge in [0.25, 0.3) is 5.91 Å². The molecule has 1 amide bonds. The highest BCUT2D eigenvalue weighted by Gasteiger charge is 2.34. The van der Waals surface area contributed by atoms with Crippen LogP contribution in [-0.2, 0) is 9.53 Å². The Morgan fingerprint density at radius 3 is 2.84 bits per heavy atom. The van der Waals surface area contributed by atoms with E-state index in [4.69, 9.17) is 9.15 Å². The Bertz CT molecular complexity index is 723. The number of nitrogens with zero attached hydrogens (tertiary/aromatic N) is 2. The Labute approximate surface area is 147 Å². The third-order valence-corrected chi connectivity index (χ3v) is 4.18. The monoisotopic (exact) mass is 341 g/mol. The maximum Gasteiger partial charge on any atom is 0.257 e. The van der Waals surface area contributed by atoms with Crippen molar-refractivity contribution >= 4 is 11.6 Å². The van der Waals surface area contributed by atoms with Gasteiger partial charge >= 0.3 is 0 Å². The Morgan fingerprint density at radius 1 is 1.36 bits per heavy atom. The molecule has 6 heteroatoms. The molecule has 1 aliphatic rings. The van der Waals surface area contributed by atoms with Gasteiger partial charge in [-0.3, -0.25) is 4.79 Å². The predicted molar refractivity (Wildman–Crippen MR) is 95.4 cm³/mol. The number of aryl methyl sites for hydroxylation is 1. The van der Waals surface area contributed by atoms with Crippen LogP contribution in [-0.4, -0.2) is 43.4 Å². The van der Waals surface area contributed by atoms with Crippen molar-refractivity contribution in [3.8, 4) is 0 Å². The average molecular weight is 341 g/mol. The SMILES string of the molecule is COCCNCC(=O)N1N=C(c2ccc(C)cc2)C[C@H]1c1ccco1. The molecule has 0 bridgehead atoms. The van der Waals surface area contributed by atoms with Gasteiger partial charge in [0, 0.05) is 20.1 Å². The molecule has 1 aromatic heterocycles. The van der Waals surface area contributed by atoms with Gasteiger partial charge < -0.3 is 14.5 Å². The van der Waals surface area contributed by atoms with Crippen molar-refractivity contribution < 1.29 is 13.9 Å². The lowest BCUT2D eigenvalue weighted by Crippen LogP contribution is -2.36. The van der Waals surface area contributed by atoms with Crippen molar-refractivity contribution in [1.29, 1.82) is 0 Å². The first-order valence-electron chi connectivity index (χ1n) is 8.38. The van der Waals surface area contributed by atoms with Crippen LogP contribution in [0.15, 0.2) is 52.2 Å². The van der Waals surface area contributed by atoms with Gasteiger partial charge in [0.2, 0.25) is 0 Å². The minimum absolute atomic E-state index is 0.0837. The maximum atomic E-state index is 12.6. The zero-order valence-electron chi connectivity index (χ0n) is 14.6. The maximum absolute atomic E-state index is 12.6. The topological polar surface area (TPSA) is 67.1 Å². The van der Waals surface area contributed by atoms with Gasteiger partial charge in [0.15, 0.2) is 0 Å². The smallest absolute Gasteiger partial charge is 0.257 e. The number of furan rings is 1. The van der Waals surface area contributed by atoms with Gasteiger partial charge in [-0.25, -0.2) is 5.01 Å². The Balaban J connectivity index is 1.77. The Hall–Kier alpha value is -2.44. The van der Waals surface area contributed by atoms with E-state index in [2.05, 4.69) is 22.6 Å². The molecule has 2 aromatic rings. The molecule has 0 saturated carbocycles. The largest absolute Gasteiger partial charge is 0.467 e. The number of ether oxygens (including phenoxy) is 1. The van der Waals surface area contributed by atoms with Gasteiger partial charge in [-0.15, -0.1) is 0 Å². The normalized spacial score (nSPS) is 17.0. The lowest BCUT2D eigenvalue weighted by atomic mass is 10.0. The second kappa shape index (κ2) is 8.09. The van der Waals surface area contributed by atoms with Crippen LogP contribution in [0.25, 0.3) is 0 Å². The van der Waals surface area contributed by atoms with Crippen LogP contribution in [0.1, 0.15) is 29.3 Å². The van der Waals surface area contributed by atoms with Crippen LogP contribution in [0.5, 0.6) is 0 Å². The molecule has 25 heavy (non-hydrogen) atoms. The zero-order chi connectivity index (χ0) is 17.6. The lowest BCUT2D eigenvalue weighted by Gasteiger charge is -2.20. The molecule has 2 heterocycles. The molecule has 132 valence electrons. The number of hydrogen-bond acceptors (Lipinski definition) is 5. The van der Waals surface area contributed by atoms with Crippen LogP contribution < -0.4 is 5.32 Å². The van der Waals surface area contributed by atoms with Gasteiger partial charge in [0.05, 0.1) is 25.1 Å². The molecular formula is C19H23N3O3. The van der Waals surface area contributed by atoms with Crippen molar-refractivity contribution in [1.82, 2.24) is 10.3 Å².